The van der Waals surface area contributed by atoms with Gasteiger partial charge in [-0.2, -0.15) is 0 Å². The van der Waals surface area contributed by atoms with E-state index >= 15 is 0 Å². The lowest BCUT2D eigenvalue weighted by Gasteiger charge is -2.06. The maximum absolute atomic E-state index is 12.5. The van der Waals surface area contributed by atoms with Crippen molar-refractivity contribution in [2.45, 2.75) is 57.7 Å². The second-order valence-corrected chi connectivity index (χ2v) is 8.11. The Morgan fingerprint density at radius 1 is 1.13 bits per heavy atom. The van der Waals surface area contributed by atoms with E-state index in [4.69, 9.17) is 4.42 Å². The van der Waals surface area contributed by atoms with E-state index in [2.05, 4.69) is 27.1 Å². The van der Waals surface area contributed by atoms with Crippen LogP contribution < -0.4 is 11.2 Å². The minimum Gasteiger partial charge on any atom is -0.411 e. The zero-order valence-electron chi connectivity index (χ0n) is 17.7. The zero-order valence-corrected chi connectivity index (χ0v) is 18.5. The van der Waals surface area contributed by atoms with Crippen LogP contribution in [0.1, 0.15) is 38.1 Å². The van der Waals surface area contributed by atoms with E-state index < -0.39 is 11.2 Å². The number of aromatic amines is 1. The summed E-state index contributed by atoms with van der Waals surface area (Å²) in [5.41, 5.74) is 1.95. The molecule has 0 saturated carbocycles. The van der Waals surface area contributed by atoms with Crippen LogP contribution in [-0.4, -0.2) is 29.3 Å². The Labute approximate surface area is 182 Å². The van der Waals surface area contributed by atoms with E-state index in [1.165, 1.54) is 11.8 Å². The number of nitrogens with one attached hydrogen (secondary N) is 1. The molecular weight excluding hydrogens is 416 g/mol. The van der Waals surface area contributed by atoms with Crippen LogP contribution in [0.5, 0.6) is 0 Å². The van der Waals surface area contributed by atoms with Crippen molar-refractivity contribution in [2.75, 3.05) is 0 Å². The van der Waals surface area contributed by atoms with Gasteiger partial charge >= 0.3 is 5.69 Å². The SMILES string of the molecule is CCCCn1c(=O)[nH]c(=O)c2c1nc(CSc1nnc(-c3ccccc3C)o1)n2CC. The molecule has 31 heavy (non-hydrogen) atoms. The molecule has 0 atom stereocenters. The van der Waals surface area contributed by atoms with Crippen molar-refractivity contribution in [1.82, 2.24) is 29.3 Å². The normalized spacial score (nSPS) is 11.5. The summed E-state index contributed by atoms with van der Waals surface area (Å²) in [4.78, 5) is 31.9. The molecule has 10 heteroatoms. The van der Waals surface area contributed by atoms with Crippen LogP contribution in [0.2, 0.25) is 0 Å². The van der Waals surface area contributed by atoms with Gasteiger partial charge in [0.25, 0.3) is 10.8 Å². The average Bonchev–Trinajstić information content (AvgIpc) is 3.37. The van der Waals surface area contributed by atoms with Gasteiger partial charge in [-0.25, -0.2) is 9.78 Å². The van der Waals surface area contributed by atoms with Crippen molar-refractivity contribution in [3.05, 3.63) is 56.5 Å². The van der Waals surface area contributed by atoms with E-state index in [9.17, 15) is 9.59 Å². The number of hydrogen-bond donors (Lipinski definition) is 1. The molecule has 0 bridgehead atoms. The summed E-state index contributed by atoms with van der Waals surface area (Å²) >= 11 is 1.35. The highest BCUT2D eigenvalue weighted by atomic mass is 32.2. The molecular formula is C21H24N6O3S. The Hall–Kier alpha value is -3.14. The topological polar surface area (TPSA) is 112 Å². The Kier molecular flexibility index (Phi) is 6.08. The highest BCUT2D eigenvalue weighted by Crippen LogP contribution is 2.27. The minimum absolute atomic E-state index is 0.417. The Bertz CT molecular complexity index is 1330. The van der Waals surface area contributed by atoms with Gasteiger partial charge in [-0.05, 0) is 31.9 Å². The second kappa shape index (κ2) is 8.93. The van der Waals surface area contributed by atoms with Crippen LogP contribution in [0.4, 0.5) is 0 Å². The van der Waals surface area contributed by atoms with Crippen LogP contribution in [0, 0.1) is 6.92 Å². The number of thioether (sulfide) groups is 1. The van der Waals surface area contributed by atoms with Crippen molar-refractivity contribution in [3.8, 4) is 11.5 Å². The maximum atomic E-state index is 12.5. The lowest BCUT2D eigenvalue weighted by atomic mass is 10.1. The Morgan fingerprint density at radius 3 is 2.68 bits per heavy atom. The van der Waals surface area contributed by atoms with Gasteiger partial charge < -0.3 is 8.98 Å². The van der Waals surface area contributed by atoms with Crippen molar-refractivity contribution >= 4 is 22.9 Å². The van der Waals surface area contributed by atoms with E-state index in [-0.39, 0.29) is 0 Å². The fourth-order valence-corrected chi connectivity index (χ4v) is 4.22. The molecule has 0 radical (unpaired) electrons. The van der Waals surface area contributed by atoms with E-state index in [0.29, 0.717) is 46.9 Å². The van der Waals surface area contributed by atoms with E-state index in [1.54, 1.807) is 4.57 Å². The minimum atomic E-state index is -0.425. The number of H-pyrrole nitrogens is 1. The molecule has 0 unspecified atom stereocenters. The summed E-state index contributed by atoms with van der Waals surface area (Å²) in [6.45, 7) is 7.06. The number of fused-ring (bicyclic) bond motifs is 1. The molecule has 0 fully saturated rings. The first-order chi connectivity index (χ1) is 15.0. The molecule has 3 heterocycles. The first kappa shape index (κ1) is 21.1. The van der Waals surface area contributed by atoms with Crippen LogP contribution in [0.3, 0.4) is 0 Å². The Balaban J connectivity index is 1.65. The van der Waals surface area contributed by atoms with Crippen LogP contribution >= 0.6 is 11.8 Å². The maximum Gasteiger partial charge on any atom is 0.330 e. The molecule has 1 aromatic carbocycles. The largest absolute Gasteiger partial charge is 0.411 e. The summed E-state index contributed by atoms with van der Waals surface area (Å²) in [5, 5.41) is 8.71. The number of unbranched alkanes of at least 4 members (excludes halogenated alkanes) is 1. The van der Waals surface area contributed by atoms with Crippen LogP contribution in [0.15, 0.2) is 43.5 Å². The quantitative estimate of drug-likeness (QED) is 0.418. The third-order valence-corrected chi connectivity index (χ3v) is 5.94. The van der Waals surface area contributed by atoms with Gasteiger partial charge in [0.1, 0.15) is 5.82 Å². The molecule has 0 aliphatic carbocycles. The van der Waals surface area contributed by atoms with Crippen molar-refractivity contribution in [3.63, 3.8) is 0 Å². The third-order valence-electron chi connectivity index (χ3n) is 5.12. The zero-order chi connectivity index (χ0) is 22.0. The molecule has 162 valence electrons. The monoisotopic (exact) mass is 440 g/mol. The van der Waals surface area contributed by atoms with Crippen molar-refractivity contribution in [1.29, 1.82) is 0 Å². The van der Waals surface area contributed by atoms with Gasteiger partial charge in [-0.3, -0.25) is 14.3 Å². The van der Waals surface area contributed by atoms with Crippen LogP contribution in [-0.2, 0) is 18.8 Å². The average molecular weight is 441 g/mol. The number of aryl methyl sites for hydroxylation is 3. The van der Waals surface area contributed by atoms with Gasteiger partial charge in [0.05, 0.1) is 5.75 Å². The molecule has 4 aromatic rings. The summed E-state index contributed by atoms with van der Waals surface area (Å²) in [6, 6.07) is 7.82. The fraction of sp³-hybridized carbons (Fsp3) is 0.381. The van der Waals surface area contributed by atoms with Gasteiger partial charge in [0, 0.05) is 18.7 Å². The van der Waals surface area contributed by atoms with Crippen molar-refractivity contribution < 1.29 is 4.42 Å². The molecule has 1 N–H and O–H groups in total. The summed E-state index contributed by atoms with van der Waals surface area (Å²) in [7, 11) is 0. The van der Waals surface area contributed by atoms with E-state index in [1.807, 2.05) is 42.7 Å². The number of rotatable bonds is 8. The predicted octanol–water partition coefficient (Wildman–Crippen LogP) is 3.36. The van der Waals surface area contributed by atoms with Gasteiger partial charge in [-0.15, -0.1) is 10.2 Å². The summed E-state index contributed by atoms with van der Waals surface area (Å²) < 4.78 is 9.20. The number of hydrogen-bond acceptors (Lipinski definition) is 7. The Morgan fingerprint density at radius 2 is 1.94 bits per heavy atom. The molecule has 3 aromatic heterocycles. The molecule has 0 amide bonds. The standard InChI is InChI=1S/C21H24N6O3S/c1-4-6-11-27-17-16(18(28)23-20(27)29)26(5-2)15(22-17)12-31-21-25-24-19(30-21)14-10-8-7-9-13(14)3/h7-10H,4-6,11-12H2,1-3H3,(H,23,28,29). The van der Waals surface area contributed by atoms with E-state index in [0.717, 1.165) is 24.0 Å². The number of nitrogens with zero attached hydrogens (tertiary/aromatic N) is 5. The molecule has 0 saturated heterocycles. The first-order valence-electron chi connectivity index (χ1n) is 10.3. The van der Waals surface area contributed by atoms with Gasteiger partial charge in [-0.1, -0.05) is 43.3 Å². The van der Waals surface area contributed by atoms with Crippen molar-refractivity contribution in [2.24, 2.45) is 0 Å². The summed E-state index contributed by atoms with van der Waals surface area (Å²) in [6.07, 6.45) is 1.76. The summed E-state index contributed by atoms with van der Waals surface area (Å²) in [5.74, 6) is 1.58. The first-order valence-corrected chi connectivity index (χ1v) is 11.3. The molecule has 0 aliphatic rings. The number of imidazole rings is 1. The van der Waals surface area contributed by atoms with Gasteiger partial charge in [0.2, 0.25) is 5.89 Å². The second-order valence-electron chi connectivity index (χ2n) is 7.19. The smallest absolute Gasteiger partial charge is 0.330 e. The molecule has 4 rings (SSSR count). The molecule has 9 nitrogen and oxygen atoms in total. The van der Waals surface area contributed by atoms with Crippen LogP contribution in [0.25, 0.3) is 22.6 Å². The highest BCUT2D eigenvalue weighted by Gasteiger charge is 2.19. The lowest BCUT2D eigenvalue weighted by Crippen LogP contribution is -2.31. The number of aromatic nitrogens is 6. The molecule has 0 spiro atoms. The number of benzene rings is 1. The fourth-order valence-electron chi connectivity index (χ4n) is 3.51. The molecule has 0 aliphatic heterocycles. The van der Waals surface area contributed by atoms with Gasteiger partial charge in [0.15, 0.2) is 11.2 Å². The highest BCUT2D eigenvalue weighted by molar-refractivity contribution is 7.98. The third kappa shape index (κ3) is 4.07. The predicted molar refractivity (Wildman–Crippen MR) is 119 cm³/mol. The lowest BCUT2D eigenvalue weighted by molar-refractivity contribution is 0.465.